The summed E-state index contributed by atoms with van der Waals surface area (Å²) >= 11 is 0. The van der Waals surface area contributed by atoms with Gasteiger partial charge in [0.1, 0.15) is 5.56 Å². The minimum Gasteiger partial charge on any atom is -0.478 e. The van der Waals surface area contributed by atoms with Crippen molar-refractivity contribution in [3.63, 3.8) is 0 Å². The largest absolute Gasteiger partial charge is 0.478 e. The molecule has 3 rings (SSSR count). The summed E-state index contributed by atoms with van der Waals surface area (Å²) in [6.45, 7) is 2.13. The van der Waals surface area contributed by atoms with Gasteiger partial charge in [0.25, 0.3) is 0 Å². The third kappa shape index (κ3) is 3.60. The number of carbonyl (C=O) groups is 1. The van der Waals surface area contributed by atoms with Gasteiger partial charge in [-0.15, -0.1) is 0 Å². The van der Waals surface area contributed by atoms with Crippen LogP contribution in [0.3, 0.4) is 0 Å². The zero-order chi connectivity index (χ0) is 18.5. The molecule has 0 aliphatic carbocycles. The van der Waals surface area contributed by atoms with E-state index < -0.39 is 5.97 Å². The molecule has 0 saturated heterocycles. The SMILES string of the molecule is CCCc1ccc(-c2ncc(C(=O)O)c(-c3ccc(C#N)cc3)n2)cc1. The van der Waals surface area contributed by atoms with Crippen molar-refractivity contribution < 1.29 is 9.90 Å². The molecule has 0 aliphatic rings. The molecule has 0 aliphatic heterocycles. The van der Waals surface area contributed by atoms with Gasteiger partial charge in [-0.3, -0.25) is 0 Å². The predicted octanol–water partition coefficient (Wildman–Crippen LogP) is 4.33. The van der Waals surface area contributed by atoms with E-state index in [1.165, 1.54) is 11.8 Å². The van der Waals surface area contributed by atoms with Gasteiger partial charge in [-0.1, -0.05) is 49.7 Å². The molecular weight excluding hydrogens is 326 g/mol. The molecule has 0 radical (unpaired) electrons. The molecule has 0 unspecified atom stereocenters. The van der Waals surface area contributed by atoms with E-state index in [1.54, 1.807) is 24.3 Å². The number of hydrogen-bond acceptors (Lipinski definition) is 4. The predicted molar refractivity (Wildman–Crippen MR) is 98.6 cm³/mol. The van der Waals surface area contributed by atoms with Gasteiger partial charge in [0, 0.05) is 17.3 Å². The first-order chi connectivity index (χ1) is 12.6. The number of aryl methyl sites for hydroxylation is 1. The smallest absolute Gasteiger partial charge is 0.339 e. The van der Waals surface area contributed by atoms with Gasteiger partial charge in [-0.05, 0) is 24.1 Å². The van der Waals surface area contributed by atoms with Crippen LogP contribution in [0.1, 0.15) is 34.8 Å². The lowest BCUT2D eigenvalue weighted by molar-refractivity contribution is 0.0697. The van der Waals surface area contributed by atoms with Crippen LogP contribution in [0.2, 0.25) is 0 Å². The Kier molecular flexibility index (Phi) is 5.04. The summed E-state index contributed by atoms with van der Waals surface area (Å²) in [5.41, 5.74) is 3.58. The average molecular weight is 343 g/mol. The van der Waals surface area contributed by atoms with E-state index in [0.29, 0.717) is 22.6 Å². The fourth-order valence-electron chi connectivity index (χ4n) is 2.71. The Morgan fingerprint density at radius 2 is 1.73 bits per heavy atom. The molecule has 128 valence electrons. The average Bonchev–Trinajstić information content (AvgIpc) is 2.68. The minimum atomic E-state index is -1.09. The molecule has 5 heteroatoms. The Hall–Kier alpha value is -3.52. The third-order valence-corrected chi connectivity index (χ3v) is 4.06. The number of nitrogens with zero attached hydrogens (tertiary/aromatic N) is 3. The van der Waals surface area contributed by atoms with Crippen molar-refractivity contribution in [1.82, 2.24) is 9.97 Å². The van der Waals surface area contributed by atoms with Gasteiger partial charge >= 0.3 is 5.97 Å². The standard InChI is InChI=1S/C21H17N3O2/c1-2-3-14-4-10-17(11-5-14)20-23-13-18(21(25)26)19(24-20)16-8-6-15(12-22)7-9-16/h4-11,13H,2-3H2,1H3,(H,25,26). The number of nitriles is 1. The number of benzene rings is 2. The van der Waals surface area contributed by atoms with Gasteiger partial charge in [0.05, 0.1) is 17.3 Å². The number of aromatic carboxylic acids is 1. The molecule has 0 spiro atoms. The monoisotopic (exact) mass is 343 g/mol. The lowest BCUT2D eigenvalue weighted by atomic mass is 10.0. The molecule has 5 nitrogen and oxygen atoms in total. The molecule has 1 N–H and O–H groups in total. The summed E-state index contributed by atoms with van der Waals surface area (Å²) in [5.74, 6) is -0.619. The normalized spacial score (nSPS) is 10.3. The summed E-state index contributed by atoms with van der Waals surface area (Å²) in [5, 5.41) is 18.4. The highest BCUT2D eigenvalue weighted by atomic mass is 16.4. The highest BCUT2D eigenvalue weighted by Gasteiger charge is 2.16. The summed E-state index contributed by atoms with van der Waals surface area (Å²) in [4.78, 5) is 20.3. The summed E-state index contributed by atoms with van der Waals surface area (Å²) in [7, 11) is 0. The van der Waals surface area contributed by atoms with Crippen molar-refractivity contribution in [1.29, 1.82) is 5.26 Å². The second-order valence-corrected chi connectivity index (χ2v) is 5.90. The van der Waals surface area contributed by atoms with Gasteiger partial charge in [0.15, 0.2) is 5.82 Å². The lowest BCUT2D eigenvalue weighted by Gasteiger charge is -2.09. The number of carboxylic acids is 1. The van der Waals surface area contributed by atoms with E-state index in [-0.39, 0.29) is 5.56 Å². The number of aromatic nitrogens is 2. The van der Waals surface area contributed by atoms with Crippen LogP contribution in [0.25, 0.3) is 22.6 Å². The maximum Gasteiger partial charge on any atom is 0.339 e. The summed E-state index contributed by atoms with van der Waals surface area (Å²) in [6.07, 6.45) is 3.42. The van der Waals surface area contributed by atoms with Crippen LogP contribution in [0.15, 0.2) is 54.7 Å². The zero-order valence-corrected chi connectivity index (χ0v) is 14.3. The highest BCUT2D eigenvalue weighted by Crippen LogP contribution is 2.25. The van der Waals surface area contributed by atoms with Crippen LogP contribution in [-0.2, 0) is 6.42 Å². The van der Waals surface area contributed by atoms with E-state index in [4.69, 9.17) is 5.26 Å². The van der Waals surface area contributed by atoms with Gasteiger partial charge < -0.3 is 5.11 Å². The van der Waals surface area contributed by atoms with E-state index >= 15 is 0 Å². The van der Waals surface area contributed by atoms with Crippen molar-refractivity contribution in [2.45, 2.75) is 19.8 Å². The maximum atomic E-state index is 11.6. The molecule has 3 aromatic rings. The molecule has 0 fully saturated rings. The second kappa shape index (κ2) is 7.58. The fraction of sp³-hybridized carbons (Fsp3) is 0.143. The zero-order valence-electron chi connectivity index (χ0n) is 14.3. The Balaban J connectivity index is 2.06. The van der Waals surface area contributed by atoms with Crippen molar-refractivity contribution in [3.05, 3.63) is 71.4 Å². The highest BCUT2D eigenvalue weighted by molar-refractivity contribution is 5.94. The summed E-state index contributed by atoms with van der Waals surface area (Å²) < 4.78 is 0. The molecule has 2 aromatic carbocycles. The Bertz CT molecular complexity index is 972. The molecule has 0 bridgehead atoms. The lowest BCUT2D eigenvalue weighted by Crippen LogP contribution is -2.04. The number of rotatable bonds is 5. The van der Waals surface area contributed by atoms with Gasteiger partial charge in [-0.2, -0.15) is 5.26 Å². The molecular formula is C21H17N3O2. The van der Waals surface area contributed by atoms with Gasteiger partial charge in [-0.25, -0.2) is 14.8 Å². The first kappa shape index (κ1) is 17.3. The van der Waals surface area contributed by atoms with Crippen LogP contribution in [0.4, 0.5) is 0 Å². The Morgan fingerprint density at radius 3 is 2.31 bits per heavy atom. The van der Waals surface area contributed by atoms with E-state index in [0.717, 1.165) is 18.4 Å². The first-order valence-electron chi connectivity index (χ1n) is 8.32. The number of hydrogen-bond donors (Lipinski definition) is 1. The van der Waals surface area contributed by atoms with Crippen LogP contribution in [0.5, 0.6) is 0 Å². The van der Waals surface area contributed by atoms with E-state index in [1.807, 2.05) is 30.3 Å². The molecule has 0 saturated carbocycles. The van der Waals surface area contributed by atoms with Crippen LogP contribution in [-0.4, -0.2) is 21.0 Å². The quantitative estimate of drug-likeness (QED) is 0.745. The van der Waals surface area contributed by atoms with Gasteiger partial charge in [0.2, 0.25) is 0 Å². The fourth-order valence-corrected chi connectivity index (χ4v) is 2.71. The third-order valence-electron chi connectivity index (χ3n) is 4.06. The molecule has 0 amide bonds. The van der Waals surface area contributed by atoms with Crippen LogP contribution >= 0.6 is 0 Å². The molecule has 0 atom stereocenters. The minimum absolute atomic E-state index is 0.0288. The number of carboxylic acid groups (broad SMARTS) is 1. The van der Waals surface area contributed by atoms with Crippen molar-refractivity contribution in [2.75, 3.05) is 0 Å². The Labute approximate surface area is 151 Å². The Morgan fingerprint density at radius 1 is 1.08 bits per heavy atom. The van der Waals surface area contributed by atoms with Crippen LogP contribution < -0.4 is 0 Å². The topological polar surface area (TPSA) is 86.9 Å². The molecule has 1 aromatic heterocycles. The van der Waals surface area contributed by atoms with Crippen molar-refractivity contribution >= 4 is 5.97 Å². The van der Waals surface area contributed by atoms with Crippen LogP contribution in [0, 0.1) is 11.3 Å². The van der Waals surface area contributed by atoms with E-state index in [9.17, 15) is 9.90 Å². The molecule has 26 heavy (non-hydrogen) atoms. The first-order valence-corrected chi connectivity index (χ1v) is 8.32. The summed E-state index contributed by atoms with van der Waals surface area (Å²) in [6, 6.07) is 16.7. The maximum absolute atomic E-state index is 11.6. The second-order valence-electron chi connectivity index (χ2n) is 5.90. The van der Waals surface area contributed by atoms with E-state index in [2.05, 4.69) is 16.9 Å². The van der Waals surface area contributed by atoms with Crippen molar-refractivity contribution in [3.8, 4) is 28.7 Å². The van der Waals surface area contributed by atoms with Crippen molar-refractivity contribution in [2.24, 2.45) is 0 Å². The molecule has 1 heterocycles.